The predicted molar refractivity (Wildman–Crippen MR) is 90.4 cm³/mol. The summed E-state index contributed by atoms with van der Waals surface area (Å²) in [6.07, 6.45) is 3.49. The van der Waals surface area contributed by atoms with Crippen molar-refractivity contribution in [2.75, 3.05) is 31.1 Å². The summed E-state index contributed by atoms with van der Waals surface area (Å²) in [7, 11) is 0. The maximum Gasteiger partial charge on any atom is 0.344 e. The van der Waals surface area contributed by atoms with Crippen LogP contribution >= 0.6 is 11.3 Å². The molecule has 1 fully saturated rings. The van der Waals surface area contributed by atoms with Gasteiger partial charge in [0.2, 0.25) is 5.91 Å². The Labute approximate surface area is 141 Å². The van der Waals surface area contributed by atoms with Crippen LogP contribution in [0.15, 0.2) is 21.2 Å². The van der Waals surface area contributed by atoms with E-state index in [0.717, 1.165) is 35.8 Å². The molecule has 3 rings (SSSR count). The zero-order valence-electron chi connectivity index (χ0n) is 13.2. The fraction of sp³-hybridized carbons (Fsp3) is 0.571. The van der Waals surface area contributed by atoms with Gasteiger partial charge in [0.15, 0.2) is 5.13 Å². The maximum absolute atomic E-state index is 12.4. The van der Waals surface area contributed by atoms with Crippen LogP contribution in [0, 0.1) is 0 Å². The van der Waals surface area contributed by atoms with E-state index in [0.29, 0.717) is 19.4 Å². The van der Waals surface area contributed by atoms with E-state index < -0.39 is 11.4 Å². The van der Waals surface area contributed by atoms with Gasteiger partial charge in [0.1, 0.15) is 0 Å². The van der Waals surface area contributed by atoms with Gasteiger partial charge in [-0.3, -0.25) is 4.79 Å². The Hall–Kier alpha value is -2.36. The molecule has 10 heteroatoms. The van der Waals surface area contributed by atoms with Gasteiger partial charge in [-0.1, -0.05) is 0 Å². The van der Waals surface area contributed by atoms with Crippen LogP contribution in [0.25, 0.3) is 0 Å². The summed E-state index contributed by atoms with van der Waals surface area (Å²) in [5.41, 5.74) is -0.942. The van der Waals surface area contributed by atoms with Crippen LogP contribution in [0.1, 0.15) is 19.3 Å². The number of rotatable bonds is 5. The fourth-order valence-electron chi connectivity index (χ4n) is 2.81. The molecule has 0 atom stereocenters. The summed E-state index contributed by atoms with van der Waals surface area (Å²) < 4.78 is 1.07. The zero-order valence-corrected chi connectivity index (χ0v) is 14.0. The van der Waals surface area contributed by atoms with Gasteiger partial charge in [0.25, 0.3) is 0 Å². The quantitative estimate of drug-likeness (QED) is 0.778. The van der Waals surface area contributed by atoms with Crippen molar-refractivity contribution in [1.82, 2.24) is 24.6 Å². The number of H-pyrrole nitrogens is 2. The van der Waals surface area contributed by atoms with E-state index in [1.54, 1.807) is 17.5 Å². The smallest absolute Gasteiger partial charge is 0.344 e. The maximum atomic E-state index is 12.4. The summed E-state index contributed by atoms with van der Waals surface area (Å²) in [5.74, 6) is 0.0657. The molecular formula is C14H20N6O3S. The van der Waals surface area contributed by atoms with Crippen molar-refractivity contribution in [2.45, 2.75) is 25.8 Å². The lowest BCUT2D eigenvalue weighted by Gasteiger charge is -2.21. The molecule has 0 aromatic carbocycles. The predicted octanol–water partition coefficient (Wildman–Crippen LogP) is -0.160. The third-order valence-corrected chi connectivity index (χ3v) is 4.91. The lowest BCUT2D eigenvalue weighted by atomic mass is 10.2. The molecule has 0 radical (unpaired) electrons. The molecule has 2 N–H and O–H groups in total. The molecule has 24 heavy (non-hydrogen) atoms. The number of nitrogens with one attached hydrogen (secondary N) is 2. The van der Waals surface area contributed by atoms with Gasteiger partial charge in [0.05, 0.1) is 0 Å². The minimum Gasteiger partial charge on any atom is -0.346 e. The molecule has 130 valence electrons. The second kappa shape index (κ2) is 7.47. The molecule has 2 aromatic rings. The molecule has 3 heterocycles. The molecule has 9 nitrogen and oxygen atoms in total. The lowest BCUT2D eigenvalue weighted by Crippen LogP contribution is -2.35. The van der Waals surface area contributed by atoms with Crippen molar-refractivity contribution >= 4 is 22.4 Å². The number of carbonyl (C=O) groups is 1. The van der Waals surface area contributed by atoms with Crippen LogP contribution in [0.3, 0.4) is 0 Å². The molecule has 2 aromatic heterocycles. The first kappa shape index (κ1) is 16.5. The first-order chi connectivity index (χ1) is 11.6. The van der Waals surface area contributed by atoms with E-state index >= 15 is 0 Å². The molecule has 0 spiro atoms. The van der Waals surface area contributed by atoms with Gasteiger partial charge in [-0.05, 0) is 12.8 Å². The van der Waals surface area contributed by atoms with Crippen molar-refractivity contribution in [1.29, 1.82) is 0 Å². The largest absolute Gasteiger partial charge is 0.346 e. The van der Waals surface area contributed by atoms with Gasteiger partial charge in [-0.2, -0.15) is 0 Å². The molecule has 0 saturated carbocycles. The Morgan fingerprint density at radius 2 is 1.96 bits per heavy atom. The monoisotopic (exact) mass is 352 g/mol. The Morgan fingerprint density at radius 3 is 2.67 bits per heavy atom. The number of nitrogens with zero attached hydrogens (tertiary/aromatic N) is 4. The average Bonchev–Trinajstić information content (AvgIpc) is 3.13. The summed E-state index contributed by atoms with van der Waals surface area (Å²) in [4.78, 5) is 43.5. The van der Waals surface area contributed by atoms with E-state index in [-0.39, 0.29) is 12.5 Å². The van der Waals surface area contributed by atoms with E-state index in [1.165, 1.54) is 0 Å². The van der Waals surface area contributed by atoms with Gasteiger partial charge in [0, 0.05) is 50.7 Å². The summed E-state index contributed by atoms with van der Waals surface area (Å²) in [6, 6.07) is 0. The standard InChI is InChI=1S/C14H20N6O3S/c21-11(3-1-7-20-12(22)16-17-13(20)23)18-5-2-6-19(9-8-18)14-15-4-10-24-14/h4,10H,1-3,5-9H2,(H,16,22)(H,17,23). The van der Waals surface area contributed by atoms with E-state index in [2.05, 4.69) is 20.1 Å². The molecule has 0 aliphatic carbocycles. The molecular weight excluding hydrogens is 332 g/mol. The van der Waals surface area contributed by atoms with Crippen LogP contribution < -0.4 is 16.3 Å². The number of anilines is 1. The van der Waals surface area contributed by atoms with Gasteiger partial charge >= 0.3 is 11.4 Å². The number of hydrogen-bond acceptors (Lipinski definition) is 6. The van der Waals surface area contributed by atoms with Crippen molar-refractivity contribution in [3.63, 3.8) is 0 Å². The van der Waals surface area contributed by atoms with Gasteiger partial charge in [-0.15, -0.1) is 11.3 Å². The van der Waals surface area contributed by atoms with Crippen molar-refractivity contribution in [3.8, 4) is 0 Å². The van der Waals surface area contributed by atoms with Crippen LogP contribution in [0.2, 0.25) is 0 Å². The topological polar surface area (TPSA) is 107 Å². The minimum absolute atomic E-state index is 0.0657. The average molecular weight is 352 g/mol. The Balaban J connectivity index is 1.48. The number of carbonyl (C=O) groups excluding carboxylic acids is 1. The molecule has 1 aliphatic heterocycles. The number of amides is 1. The summed E-state index contributed by atoms with van der Waals surface area (Å²) in [6.45, 7) is 3.30. The minimum atomic E-state index is -0.471. The third kappa shape index (κ3) is 3.75. The number of aromatic nitrogens is 4. The highest BCUT2D eigenvalue weighted by Gasteiger charge is 2.20. The zero-order chi connectivity index (χ0) is 16.9. The van der Waals surface area contributed by atoms with Crippen LogP contribution in [0.5, 0.6) is 0 Å². The highest BCUT2D eigenvalue weighted by molar-refractivity contribution is 7.13. The van der Waals surface area contributed by atoms with Gasteiger partial charge < -0.3 is 9.80 Å². The molecule has 1 saturated heterocycles. The molecule has 0 bridgehead atoms. The van der Waals surface area contributed by atoms with E-state index in [4.69, 9.17) is 0 Å². The van der Waals surface area contributed by atoms with Crippen molar-refractivity contribution < 1.29 is 4.79 Å². The van der Waals surface area contributed by atoms with Crippen molar-refractivity contribution in [2.24, 2.45) is 0 Å². The highest BCUT2D eigenvalue weighted by atomic mass is 32.1. The summed E-state index contributed by atoms with van der Waals surface area (Å²) in [5, 5.41) is 7.41. The first-order valence-electron chi connectivity index (χ1n) is 7.95. The van der Waals surface area contributed by atoms with E-state index in [1.807, 2.05) is 10.3 Å². The third-order valence-electron chi connectivity index (χ3n) is 4.08. The molecule has 0 unspecified atom stereocenters. The Bertz CT molecular complexity index is 750. The number of aromatic amines is 2. The van der Waals surface area contributed by atoms with Crippen LogP contribution in [0.4, 0.5) is 5.13 Å². The normalized spacial score (nSPS) is 15.5. The Kier molecular flexibility index (Phi) is 5.14. The SMILES string of the molecule is O=C(CCCn1c(=O)[nH][nH]c1=O)N1CCCN(c2nccs2)CC1. The number of hydrogen-bond donors (Lipinski definition) is 2. The molecule has 1 amide bonds. The second-order valence-electron chi connectivity index (χ2n) is 5.65. The molecule has 1 aliphatic rings. The fourth-order valence-corrected chi connectivity index (χ4v) is 3.51. The second-order valence-corrected chi connectivity index (χ2v) is 6.52. The lowest BCUT2D eigenvalue weighted by molar-refractivity contribution is -0.131. The highest BCUT2D eigenvalue weighted by Crippen LogP contribution is 2.19. The van der Waals surface area contributed by atoms with Crippen molar-refractivity contribution in [3.05, 3.63) is 32.5 Å². The number of thiazole rings is 1. The van der Waals surface area contributed by atoms with Gasteiger partial charge in [-0.25, -0.2) is 29.3 Å². The summed E-state index contributed by atoms with van der Waals surface area (Å²) >= 11 is 1.61. The van der Waals surface area contributed by atoms with Crippen LogP contribution in [-0.4, -0.2) is 56.7 Å². The van der Waals surface area contributed by atoms with E-state index in [9.17, 15) is 14.4 Å². The first-order valence-corrected chi connectivity index (χ1v) is 8.83. The Morgan fingerprint density at radius 1 is 1.17 bits per heavy atom. The van der Waals surface area contributed by atoms with Crippen LogP contribution in [-0.2, 0) is 11.3 Å².